The fraction of sp³-hybridized carbons (Fsp3) is 0. The number of ether oxygens (including phenoxy) is 1. The molecule has 0 unspecified atom stereocenters. The van der Waals surface area contributed by atoms with Gasteiger partial charge in [-0.2, -0.15) is 0 Å². The van der Waals surface area contributed by atoms with Gasteiger partial charge < -0.3 is 15.8 Å². The van der Waals surface area contributed by atoms with Gasteiger partial charge in [-0.05, 0) is 42.5 Å². The van der Waals surface area contributed by atoms with E-state index >= 15 is 0 Å². The molecule has 2 rings (SSSR count). The summed E-state index contributed by atoms with van der Waals surface area (Å²) in [7, 11) is 0. The Morgan fingerprint density at radius 1 is 1.26 bits per heavy atom. The highest BCUT2D eigenvalue weighted by molar-refractivity contribution is 9.10. The van der Waals surface area contributed by atoms with Gasteiger partial charge in [0.25, 0.3) is 0 Å². The molecule has 0 saturated carbocycles. The molecule has 98 valence electrons. The number of hydrogen-bond donors (Lipinski definition) is 2. The summed E-state index contributed by atoms with van der Waals surface area (Å²) in [6, 6.07) is 11.6. The molecule has 0 spiro atoms. The van der Waals surface area contributed by atoms with Crippen LogP contribution in [0.15, 0.2) is 46.9 Å². The maximum atomic E-state index is 13.8. The highest BCUT2D eigenvalue weighted by Crippen LogP contribution is 2.28. The molecule has 2 aromatic rings. The first-order valence-electron chi connectivity index (χ1n) is 5.34. The van der Waals surface area contributed by atoms with Crippen molar-refractivity contribution in [1.29, 1.82) is 0 Å². The topological polar surface area (TPSA) is 47.3 Å². The van der Waals surface area contributed by atoms with Crippen molar-refractivity contribution >= 4 is 38.9 Å². The summed E-state index contributed by atoms with van der Waals surface area (Å²) in [5.74, 6) is 0.177. The third-order valence-corrected chi connectivity index (χ3v) is 2.82. The van der Waals surface area contributed by atoms with Crippen LogP contribution in [0, 0.1) is 5.82 Å². The average Bonchev–Trinajstić information content (AvgIpc) is 2.32. The number of nitrogens with two attached hydrogens (primary N) is 1. The van der Waals surface area contributed by atoms with Crippen molar-refractivity contribution in [2.45, 2.75) is 0 Å². The molecule has 0 atom stereocenters. The number of rotatable bonds is 3. The van der Waals surface area contributed by atoms with Gasteiger partial charge in [0.15, 0.2) is 16.7 Å². The van der Waals surface area contributed by atoms with Crippen LogP contribution in [-0.4, -0.2) is 5.11 Å². The van der Waals surface area contributed by atoms with E-state index in [4.69, 9.17) is 10.5 Å². The number of anilines is 1. The summed E-state index contributed by atoms with van der Waals surface area (Å²) in [5, 5.41) is 2.74. The Bertz CT molecular complexity index is 621. The molecule has 0 aromatic heterocycles. The Hall–Kier alpha value is -1.66. The monoisotopic (exact) mass is 340 g/mol. The molecule has 0 aliphatic carbocycles. The zero-order valence-electron chi connectivity index (χ0n) is 9.69. The number of hydrogen-bond acceptors (Lipinski definition) is 2. The van der Waals surface area contributed by atoms with E-state index in [1.165, 1.54) is 12.1 Å². The lowest BCUT2D eigenvalue weighted by atomic mass is 10.3. The van der Waals surface area contributed by atoms with Crippen molar-refractivity contribution in [3.8, 4) is 11.5 Å². The fourth-order valence-corrected chi connectivity index (χ4v) is 1.96. The van der Waals surface area contributed by atoms with Crippen LogP contribution in [0.3, 0.4) is 0 Å². The second-order valence-corrected chi connectivity index (χ2v) is 5.05. The van der Waals surface area contributed by atoms with Crippen LogP contribution >= 0.6 is 28.1 Å². The molecule has 0 aliphatic heterocycles. The normalized spacial score (nSPS) is 10.0. The summed E-state index contributed by atoms with van der Waals surface area (Å²) in [6.45, 7) is 0. The predicted molar refractivity (Wildman–Crippen MR) is 81.0 cm³/mol. The Kier molecular flexibility index (Phi) is 4.34. The van der Waals surface area contributed by atoms with Gasteiger partial charge in [0.2, 0.25) is 0 Å². The smallest absolute Gasteiger partial charge is 0.168 e. The number of thiocarbonyl (C=S) groups is 1. The summed E-state index contributed by atoms with van der Waals surface area (Å²) >= 11 is 8.00. The molecule has 3 N–H and O–H groups in total. The van der Waals surface area contributed by atoms with Crippen molar-refractivity contribution < 1.29 is 9.13 Å². The summed E-state index contributed by atoms with van der Waals surface area (Å²) < 4.78 is 20.1. The van der Waals surface area contributed by atoms with Gasteiger partial charge in [-0.25, -0.2) is 4.39 Å². The molecule has 0 heterocycles. The predicted octanol–water partition coefficient (Wildman–Crippen LogP) is 4.04. The van der Waals surface area contributed by atoms with Crippen LogP contribution < -0.4 is 15.8 Å². The summed E-state index contributed by atoms with van der Waals surface area (Å²) in [4.78, 5) is 0. The van der Waals surface area contributed by atoms with E-state index in [2.05, 4.69) is 33.5 Å². The Morgan fingerprint density at radius 3 is 2.68 bits per heavy atom. The van der Waals surface area contributed by atoms with E-state index in [9.17, 15) is 4.39 Å². The van der Waals surface area contributed by atoms with Gasteiger partial charge in [0.05, 0.1) is 0 Å². The number of nitrogens with one attached hydrogen (secondary N) is 1. The molecule has 0 bridgehead atoms. The van der Waals surface area contributed by atoms with E-state index in [1.807, 2.05) is 6.07 Å². The lowest BCUT2D eigenvalue weighted by molar-refractivity contribution is 0.442. The Labute approximate surface area is 123 Å². The zero-order chi connectivity index (χ0) is 13.8. The highest BCUT2D eigenvalue weighted by atomic mass is 79.9. The van der Waals surface area contributed by atoms with Crippen LogP contribution in [0.1, 0.15) is 0 Å². The third kappa shape index (κ3) is 3.90. The van der Waals surface area contributed by atoms with Gasteiger partial charge in [-0.1, -0.05) is 22.0 Å². The number of benzene rings is 2. The van der Waals surface area contributed by atoms with E-state index < -0.39 is 5.82 Å². The van der Waals surface area contributed by atoms with Crippen LogP contribution in [0.5, 0.6) is 11.5 Å². The van der Waals surface area contributed by atoms with E-state index in [0.717, 1.165) is 4.47 Å². The standard InChI is InChI=1S/C13H10BrFN2OS/c14-8-2-1-3-10(6-8)18-12-5-4-9(7-11(12)15)17-13(16)19/h1-7H,(H3,16,17,19). The zero-order valence-corrected chi connectivity index (χ0v) is 12.1. The van der Waals surface area contributed by atoms with Crippen molar-refractivity contribution in [2.75, 3.05) is 5.32 Å². The maximum Gasteiger partial charge on any atom is 0.168 e. The molecule has 2 aromatic carbocycles. The van der Waals surface area contributed by atoms with Crippen LogP contribution in [0.25, 0.3) is 0 Å². The van der Waals surface area contributed by atoms with Crippen LogP contribution in [0.4, 0.5) is 10.1 Å². The largest absolute Gasteiger partial charge is 0.454 e. The Morgan fingerprint density at radius 2 is 2.05 bits per heavy atom. The lowest BCUT2D eigenvalue weighted by Gasteiger charge is -2.09. The second-order valence-electron chi connectivity index (χ2n) is 3.69. The molecule has 0 saturated heterocycles. The van der Waals surface area contributed by atoms with E-state index in [-0.39, 0.29) is 10.9 Å². The van der Waals surface area contributed by atoms with Crippen molar-refractivity contribution in [1.82, 2.24) is 0 Å². The molecule has 3 nitrogen and oxygen atoms in total. The van der Waals surface area contributed by atoms with Gasteiger partial charge in [-0.15, -0.1) is 0 Å². The molecule has 6 heteroatoms. The minimum Gasteiger partial charge on any atom is -0.454 e. The lowest BCUT2D eigenvalue weighted by Crippen LogP contribution is -2.18. The van der Waals surface area contributed by atoms with Gasteiger partial charge in [0.1, 0.15) is 5.75 Å². The van der Waals surface area contributed by atoms with Gasteiger partial charge >= 0.3 is 0 Å². The minimum absolute atomic E-state index is 0.0834. The average molecular weight is 341 g/mol. The molecule has 0 radical (unpaired) electrons. The Balaban J connectivity index is 2.19. The SMILES string of the molecule is NC(=S)Nc1ccc(Oc2cccc(Br)c2)c(F)c1. The molecular weight excluding hydrogens is 331 g/mol. The third-order valence-electron chi connectivity index (χ3n) is 2.22. The fourth-order valence-electron chi connectivity index (χ4n) is 1.46. The van der Waals surface area contributed by atoms with Crippen molar-refractivity contribution in [3.05, 3.63) is 52.8 Å². The first-order chi connectivity index (χ1) is 9.04. The van der Waals surface area contributed by atoms with Crippen molar-refractivity contribution in [2.24, 2.45) is 5.73 Å². The summed E-state index contributed by atoms with van der Waals surface area (Å²) in [6.07, 6.45) is 0. The van der Waals surface area contributed by atoms with Crippen LogP contribution in [-0.2, 0) is 0 Å². The first kappa shape index (κ1) is 13.8. The molecule has 0 fully saturated rings. The number of halogens is 2. The van der Waals surface area contributed by atoms with E-state index in [0.29, 0.717) is 11.4 Å². The molecular formula is C13H10BrFN2OS. The quantitative estimate of drug-likeness (QED) is 0.828. The van der Waals surface area contributed by atoms with E-state index in [1.54, 1.807) is 24.3 Å². The first-order valence-corrected chi connectivity index (χ1v) is 6.54. The van der Waals surface area contributed by atoms with Gasteiger partial charge in [-0.3, -0.25) is 0 Å². The molecule has 0 aliphatic rings. The maximum absolute atomic E-state index is 13.8. The molecule has 19 heavy (non-hydrogen) atoms. The van der Waals surface area contributed by atoms with Crippen LogP contribution in [0.2, 0.25) is 0 Å². The molecule has 0 amide bonds. The highest BCUT2D eigenvalue weighted by Gasteiger charge is 2.06. The van der Waals surface area contributed by atoms with Crippen molar-refractivity contribution in [3.63, 3.8) is 0 Å². The summed E-state index contributed by atoms with van der Waals surface area (Å²) in [5.41, 5.74) is 5.79. The van der Waals surface area contributed by atoms with Gasteiger partial charge in [0, 0.05) is 16.2 Å². The minimum atomic E-state index is -0.499. The second kappa shape index (κ2) is 5.99.